The molecular formula is C46H30N2S. The molecule has 0 aliphatic carbocycles. The molecule has 0 amide bonds. The molecule has 230 valence electrons. The molecular weight excluding hydrogens is 613 g/mol. The average Bonchev–Trinajstić information content (AvgIpc) is 3.70. The quantitative estimate of drug-likeness (QED) is 0.181. The smallest absolute Gasteiger partial charge is 0.0561 e. The predicted octanol–water partition coefficient (Wildman–Crippen LogP) is 13.4. The third kappa shape index (κ3) is 4.47. The summed E-state index contributed by atoms with van der Waals surface area (Å²) in [5.41, 5.74) is 9.31. The molecule has 0 unspecified atom stereocenters. The Morgan fingerprint density at radius 2 is 1.10 bits per heavy atom. The number of anilines is 3. The Kier molecular flexibility index (Phi) is 6.39. The van der Waals surface area contributed by atoms with Gasteiger partial charge >= 0.3 is 0 Å². The van der Waals surface area contributed by atoms with E-state index in [4.69, 9.17) is 0 Å². The van der Waals surface area contributed by atoms with Crippen LogP contribution in [0.25, 0.3) is 69.6 Å². The van der Waals surface area contributed by atoms with Crippen molar-refractivity contribution in [2.45, 2.75) is 0 Å². The van der Waals surface area contributed by atoms with Gasteiger partial charge in [-0.2, -0.15) is 0 Å². The second-order valence-corrected chi connectivity index (χ2v) is 13.6. The van der Waals surface area contributed by atoms with Crippen molar-refractivity contribution in [3.8, 4) is 16.8 Å². The molecule has 0 aliphatic rings. The summed E-state index contributed by atoms with van der Waals surface area (Å²) >= 11 is 1.87. The van der Waals surface area contributed by atoms with Gasteiger partial charge < -0.3 is 9.47 Å². The normalized spacial score (nSPS) is 11.7. The van der Waals surface area contributed by atoms with Crippen molar-refractivity contribution in [1.82, 2.24) is 4.57 Å². The fourth-order valence-electron chi connectivity index (χ4n) is 7.57. The van der Waals surface area contributed by atoms with E-state index in [0.29, 0.717) is 0 Å². The van der Waals surface area contributed by atoms with Crippen molar-refractivity contribution in [2.75, 3.05) is 4.90 Å². The maximum absolute atomic E-state index is 2.47. The van der Waals surface area contributed by atoms with Crippen LogP contribution in [0.2, 0.25) is 0 Å². The Bertz CT molecular complexity index is 2830. The number of benzene rings is 8. The molecule has 0 spiro atoms. The fraction of sp³-hybridized carbons (Fsp3) is 0. The van der Waals surface area contributed by atoms with Gasteiger partial charge in [0.2, 0.25) is 0 Å². The zero-order valence-electron chi connectivity index (χ0n) is 26.6. The Morgan fingerprint density at radius 1 is 0.408 bits per heavy atom. The standard InChI is InChI=1S/C46H30N2S/c1-3-14-31(15-4-1)35-19-7-10-22-41(35)48(43-24-13-16-32-28-46-40(30-39(32)43)38-21-9-12-25-45(38)49-46)34-26-27-37-36-20-8-11-23-42(36)47(44(37)29-34)33-17-5-2-6-18-33/h1-30H. The van der Waals surface area contributed by atoms with Gasteiger partial charge in [0.05, 0.1) is 22.4 Å². The highest BCUT2D eigenvalue weighted by molar-refractivity contribution is 7.25. The molecule has 0 atom stereocenters. The van der Waals surface area contributed by atoms with E-state index in [0.717, 1.165) is 22.7 Å². The lowest BCUT2D eigenvalue weighted by atomic mass is 9.99. The predicted molar refractivity (Wildman–Crippen MR) is 211 cm³/mol. The number of aromatic nitrogens is 1. The monoisotopic (exact) mass is 642 g/mol. The molecule has 2 aromatic heterocycles. The number of rotatable bonds is 5. The summed E-state index contributed by atoms with van der Waals surface area (Å²) < 4.78 is 5.04. The van der Waals surface area contributed by atoms with Crippen molar-refractivity contribution < 1.29 is 0 Å². The van der Waals surface area contributed by atoms with E-state index in [2.05, 4.69) is 191 Å². The first-order valence-corrected chi connectivity index (χ1v) is 17.5. The molecule has 10 rings (SSSR count). The van der Waals surface area contributed by atoms with E-state index in [1.54, 1.807) is 0 Å². The third-order valence-electron chi connectivity index (χ3n) is 9.76. The number of nitrogens with zero attached hydrogens (tertiary/aromatic N) is 2. The topological polar surface area (TPSA) is 8.17 Å². The van der Waals surface area contributed by atoms with Crippen LogP contribution >= 0.6 is 11.3 Å². The molecule has 2 heterocycles. The SMILES string of the molecule is c1ccc(-c2ccccc2N(c2ccc3c4ccccc4n(-c4ccccc4)c3c2)c2cccc3cc4sc5ccccc5c4cc23)cc1. The van der Waals surface area contributed by atoms with Crippen LogP contribution in [0.3, 0.4) is 0 Å². The first kappa shape index (κ1) is 27.9. The van der Waals surface area contributed by atoms with E-state index in [-0.39, 0.29) is 0 Å². The van der Waals surface area contributed by atoms with E-state index in [1.807, 2.05) is 11.3 Å². The molecule has 2 nitrogen and oxygen atoms in total. The molecule has 3 heteroatoms. The second-order valence-electron chi connectivity index (χ2n) is 12.6. The van der Waals surface area contributed by atoms with Gasteiger partial charge in [0.25, 0.3) is 0 Å². The first-order valence-electron chi connectivity index (χ1n) is 16.7. The van der Waals surface area contributed by atoms with Gasteiger partial charge in [-0.25, -0.2) is 0 Å². The molecule has 0 fully saturated rings. The first-order chi connectivity index (χ1) is 24.3. The third-order valence-corrected chi connectivity index (χ3v) is 10.9. The Morgan fingerprint density at radius 3 is 1.98 bits per heavy atom. The summed E-state index contributed by atoms with van der Waals surface area (Å²) in [6.45, 7) is 0. The molecule has 0 saturated heterocycles. The lowest BCUT2D eigenvalue weighted by Crippen LogP contribution is -2.12. The summed E-state index contributed by atoms with van der Waals surface area (Å²) in [6.07, 6.45) is 0. The Balaban J connectivity index is 1.30. The number of para-hydroxylation sites is 3. The molecule has 0 bridgehead atoms. The van der Waals surface area contributed by atoms with Crippen LogP contribution < -0.4 is 4.90 Å². The summed E-state index contributed by atoms with van der Waals surface area (Å²) in [7, 11) is 0. The van der Waals surface area contributed by atoms with E-state index in [9.17, 15) is 0 Å². The van der Waals surface area contributed by atoms with Gasteiger partial charge in [0, 0.05) is 53.3 Å². The Hall–Kier alpha value is -6.16. The lowest BCUT2D eigenvalue weighted by Gasteiger charge is -2.29. The van der Waals surface area contributed by atoms with Crippen LogP contribution in [0.4, 0.5) is 17.1 Å². The molecule has 8 aromatic carbocycles. The van der Waals surface area contributed by atoms with Crippen molar-refractivity contribution >= 4 is 81.1 Å². The van der Waals surface area contributed by atoms with Crippen molar-refractivity contribution in [3.05, 3.63) is 182 Å². The van der Waals surface area contributed by atoms with E-state index >= 15 is 0 Å². The minimum atomic E-state index is 1.11. The minimum Gasteiger partial charge on any atom is -0.309 e. The number of fused-ring (bicyclic) bond motifs is 7. The summed E-state index contributed by atoms with van der Waals surface area (Å²) in [5.74, 6) is 0. The van der Waals surface area contributed by atoms with Gasteiger partial charge in [-0.15, -0.1) is 11.3 Å². The van der Waals surface area contributed by atoms with Crippen LogP contribution in [-0.2, 0) is 0 Å². The van der Waals surface area contributed by atoms with Gasteiger partial charge in [0.15, 0.2) is 0 Å². The summed E-state index contributed by atoms with van der Waals surface area (Å²) in [5, 5.41) is 7.56. The van der Waals surface area contributed by atoms with E-state index in [1.165, 1.54) is 63.9 Å². The van der Waals surface area contributed by atoms with Crippen LogP contribution in [-0.4, -0.2) is 4.57 Å². The van der Waals surface area contributed by atoms with Crippen LogP contribution in [0.15, 0.2) is 182 Å². The van der Waals surface area contributed by atoms with Crippen molar-refractivity contribution in [2.24, 2.45) is 0 Å². The van der Waals surface area contributed by atoms with Crippen LogP contribution in [0, 0.1) is 0 Å². The highest BCUT2D eigenvalue weighted by atomic mass is 32.1. The van der Waals surface area contributed by atoms with Crippen LogP contribution in [0.1, 0.15) is 0 Å². The zero-order chi connectivity index (χ0) is 32.3. The average molecular weight is 643 g/mol. The minimum absolute atomic E-state index is 1.11. The van der Waals surface area contributed by atoms with Crippen molar-refractivity contribution in [3.63, 3.8) is 0 Å². The molecule has 49 heavy (non-hydrogen) atoms. The van der Waals surface area contributed by atoms with Crippen molar-refractivity contribution in [1.29, 1.82) is 0 Å². The number of hydrogen-bond acceptors (Lipinski definition) is 2. The molecule has 0 aliphatic heterocycles. The van der Waals surface area contributed by atoms with Gasteiger partial charge in [-0.3, -0.25) is 0 Å². The van der Waals surface area contributed by atoms with Gasteiger partial charge in [-0.05, 0) is 71.6 Å². The summed E-state index contributed by atoms with van der Waals surface area (Å²) in [6, 6.07) is 66.3. The molecule has 0 radical (unpaired) electrons. The fourth-order valence-corrected chi connectivity index (χ4v) is 8.70. The van der Waals surface area contributed by atoms with Gasteiger partial charge in [0.1, 0.15) is 0 Å². The number of hydrogen-bond donors (Lipinski definition) is 0. The maximum atomic E-state index is 2.47. The largest absolute Gasteiger partial charge is 0.309 e. The highest BCUT2D eigenvalue weighted by Gasteiger charge is 2.22. The second kappa shape index (κ2) is 11.2. The summed E-state index contributed by atoms with van der Waals surface area (Å²) in [4.78, 5) is 2.47. The maximum Gasteiger partial charge on any atom is 0.0561 e. The number of thiophene rings is 1. The molecule has 0 N–H and O–H groups in total. The Labute approximate surface area is 288 Å². The van der Waals surface area contributed by atoms with Gasteiger partial charge in [-0.1, -0.05) is 121 Å². The highest BCUT2D eigenvalue weighted by Crippen LogP contribution is 2.46. The van der Waals surface area contributed by atoms with Crippen LogP contribution in [0.5, 0.6) is 0 Å². The van der Waals surface area contributed by atoms with E-state index < -0.39 is 0 Å². The molecule has 0 saturated carbocycles. The molecule has 10 aromatic rings. The zero-order valence-corrected chi connectivity index (χ0v) is 27.4. The lowest BCUT2D eigenvalue weighted by molar-refractivity contribution is 1.18.